The molecule has 0 saturated carbocycles. The van der Waals surface area contributed by atoms with Gasteiger partial charge in [0.1, 0.15) is 12.1 Å². The van der Waals surface area contributed by atoms with E-state index in [2.05, 4.69) is 5.32 Å². The number of rotatable bonds is 6. The standard InChI is InChI=1S/C18H14ClN3O5/c19-12-6-4-11(5-7-12)8-9-20-15(23)10-21-17(24)13-2-1-3-14(22(26)27)16(13)18(21)25/h1-7H,8-10H2,(H,20,23). The molecular formula is C18H14ClN3O5. The van der Waals surface area contributed by atoms with Gasteiger partial charge in [-0.15, -0.1) is 0 Å². The number of nitro benzene ring substituents is 1. The van der Waals surface area contributed by atoms with Crippen LogP contribution in [0, 0.1) is 10.1 Å². The van der Waals surface area contributed by atoms with Crippen molar-refractivity contribution >= 4 is 35.0 Å². The molecule has 1 aliphatic rings. The highest BCUT2D eigenvalue weighted by Crippen LogP contribution is 2.30. The predicted octanol–water partition coefficient (Wildman–Crippen LogP) is 2.20. The van der Waals surface area contributed by atoms with Gasteiger partial charge in [-0.1, -0.05) is 29.8 Å². The van der Waals surface area contributed by atoms with Crippen LogP contribution < -0.4 is 5.32 Å². The summed E-state index contributed by atoms with van der Waals surface area (Å²) in [5.74, 6) is -2.08. The number of carbonyl (C=O) groups is 3. The number of fused-ring (bicyclic) bond motifs is 1. The first-order chi connectivity index (χ1) is 12.9. The van der Waals surface area contributed by atoms with Crippen LogP contribution in [0.2, 0.25) is 5.02 Å². The highest BCUT2D eigenvalue weighted by atomic mass is 35.5. The molecule has 2 aromatic carbocycles. The molecule has 2 aromatic rings. The van der Waals surface area contributed by atoms with Gasteiger partial charge in [-0.3, -0.25) is 29.4 Å². The van der Waals surface area contributed by atoms with Crippen molar-refractivity contribution in [3.63, 3.8) is 0 Å². The third kappa shape index (κ3) is 3.80. The van der Waals surface area contributed by atoms with Crippen LogP contribution in [0.3, 0.4) is 0 Å². The fourth-order valence-corrected chi connectivity index (χ4v) is 2.93. The number of imide groups is 1. The van der Waals surface area contributed by atoms with Gasteiger partial charge in [0.15, 0.2) is 0 Å². The number of amides is 3. The second-order valence-corrected chi connectivity index (χ2v) is 6.32. The lowest BCUT2D eigenvalue weighted by molar-refractivity contribution is -0.385. The van der Waals surface area contributed by atoms with E-state index in [0.717, 1.165) is 16.5 Å². The maximum Gasteiger partial charge on any atom is 0.282 e. The number of nitrogens with zero attached hydrogens (tertiary/aromatic N) is 2. The fourth-order valence-electron chi connectivity index (χ4n) is 2.81. The van der Waals surface area contributed by atoms with E-state index in [0.29, 0.717) is 18.0 Å². The summed E-state index contributed by atoms with van der Waals surface area (Å²) in [6, 6.07) is 11.0. The summed E-state index contributed by atoms with van der Waals surface area (Å²) in [5, 5.41) is 14.3. The molecule has 1 N–H and O–H groups in total. The number of benzene rings is 2. The molecule has 0 radical (unpaired) electrons. The van der Waals surface area contributed by atoms with E-state index in [4.69, 9.17) is 11.6 Å². The number of nitrogens with one attached hydrogen (secondary N) is 1. The topological polar surface area (TPSA) is 110 Å². The van der Waals surface area contributed by atoms with E-state index in [1.807, 2.05) is 12.1 Å². The van der Waals surface area contributed by atoms with Crippen molar-refractivity contribution in [2.45, 2.75) is 6.42 Å². The van der Waals surface area contributed by atoms with Gasteiger partial charge in [0, 0.05) is 17.6 Å². The molecule has 1 aliphatic heterocycles. The lowest BCUT2D eigenvalue weighted by Gasteiger charge is -2.13. The van der Waals surface area contributed by atoms with E-state index < -0.39 is 34.9 Å². The summed E-state index contributed by atoms with van der Waals surface area (Å²) in [5.41, 5.74) is 0.178. The second-order valence-electron chi connectivity index (χ2n) is 5.88. The Morgan fingerprint density at radius 1 is 1.11 bits per heavy atom. The first kappa shape index (κ1) is 18.5. The molecule has 0 aromatic heterocycles. The Morgan fingerprint density at radius 2 is 1.81 bits per heavy atom. The van der Waals surface area contributed by atoms with Crippen LogP contribution in [0.5, 0.6) is 0 Å². The highest BCUT2D eigenvalue weighted by molar-refractivity contribution is 6.30. The summed E-state index contributed by atoms with van der Waals surface area (Å²) in [4.78, 5) is 47.9. The minimum Gasteiger partial charge on any atom is -0.354 e. The predicted molar refractivity (Wildman–Crippen MR) is 96.6 cm³/mol. The monoisotopic (exact) mass is 387 g/mol. The van der Waals surface area contributed by atoms with Crippen LogP contribution in [0.15, 0.2) is 42.5 Å². The van der Waals surface area contributed by atoms with E-state index in [-0.39, 0.29) is 11.1 Å². The number of hydrogen-bond donors (Lipinski definition) is 1. The van der Waals surface area contributed by atoms with Gasteiger partial charge in [0.2, 0.25) is 5.91 Å². The van der Waals surface area contributed by atoms with Crippen molar-refractivity contribution in [2.75, 3.05) is 13.1 Å². The number of nitro groups is 1. The molecule has 0 spiro atoms. The van der Waals surface area contributed by atoms with Crippen LogP contribution >= 0.6 is 11.6 Å². The SMILES string of the molecule is O=C(CN1C(=O)c2cccc([N+](=O)[O-])c2C1=O)NCCc1ccc(Cl)cc1. The Balaban J connectivity index is 1.62. The summed E-state index contributed by atoms with van der Waals surface area (Å²) in [6.45, 7) is -0.187. The van der Waals surface area contributed by atoms with Crippen LogP contribution in [-0.2, 0) is 11.2 Å². The molecule has 8 nitrogen and oxygen atoms in total. The summed E-state index contributed by atoms with van der Waals surface area (Å²) >= 11 is 5.81. The summed E-state index contributed by atoms with van der Waals surface area (Å²) in [7, 11) is 0. The Kier molecular flexibility index (Phi) is 5.18. The zero-order valence-corrected chi connectivity index (χ0v) is 14.7. The molecule has 0 aliphatic carbocycles. The minimum absolute atomic E-state index is 0.0665. The van der Waals surface area contributed by atoms with E-state index in [1.54, 1.807) is 12.1 Å². The summed E-state index contributed by atoms with van der Waals surface area (Å²) < 4.78 is 0. The Hall–Kier alpha value is -3.26. The minimum atomic E-state index is -0.838. The Morgan fingerprint density at radius 3 is 2.48 bits per heavy atom. The molecule has 0 atom stereocenters. The fraction of sp³-hybridized carbons (Fsp3) is 0.167. The maximum absolute atomic E-state index is 12.4. The van der Waals surface area contributed by atoms with Crippen molar-refractivity contribution in [2.24, 2.45) is 0 Å². The third-order valence-electron chi connectivity index (χ3n) is 4.12. The van der Waals surface area contributed by atoms with Crippen LogP contribution in [0.25, 0.3) is 0 Å². The zero-order chi connectivity index (χ0) is 19.6. The van der Waals surface area contributed by atoms with E-state index in [1.165, 1.54) is 12.1 Å². The lowest BCUT2D eigenvalue weighted by Crippen LogP contribution is -2.40. The molecule has 0 fully saturated rings. The maximum atomic E-state index is 12.4. The van der Waals surface area contributed by atoms with Gasteiger partial charge < -0.3 is 5.32 Å². The zero-order valence-electron chi connectivity index (χ0n) is 14.0. The lowest BCUT2D eigenvalue weighted by atomic mass is 10.1. The van der Waals surface area contributed by atoms with E-state index >= 15 is 0 Å². The second kappa shape index (κ2) is 7.55. The molecule has 0 bridgehead atoms. The first-order valence-corrected chi connectivity index (χ1v) is 8.41. The largest absolute Gasteiger partial charge is 0.354 e. The molecule has 3 amide bonds. The summed E-state index contributed by atoms with van der Waals surface area (Å²) in [6.07, 6.45) is 0.552. The Labute approximate surface area is 158 Å². The van der Waals surface area contributed by atoms with Crippen molar-refractivity contribution in [3.8, 4) is 0 Å². The number of carbonyl (C=O) groups excluding carboxylic acids is 3. The highest BCUT2D eigenvalue weighted by Gasteiger charge is 2.41. The molecule has 1 heterocycles. The van der Waals surface area contributed by atoms with Gasteiger partial charge in [-0.25, -0.2) is 0 Å². The molecule has 9 heteroatoms. The van der Waals surface area contributed by atoms with Gasteiger partial charge in [0.05, 0.1) is 10.5 Å². The molecule has 0 saturated heterocycles. The van der Waals surface area contributed by atoms with Gasteiger partial charge in [0.25, 0.3) is 17.5 Å². The molecule has 138 valence electrons. The van der Waals surface area contributed by atoms with E-state index in [9.17, 15) is 24.5 Å². The van der Waals surface area contributed by atoms with Crippen LogP contribution in [-0.4, -0.2) is 40.6 Å². The smallest absolute Gasteiger partial charge is 0.282 e. The van der Waals surface area contributed by atoms with Crippen molar-refractivity contribution < 1.29 is 19.3 Å². The average molecular weight is 388 g/mol. The molecule has 3 rings (SSSR count). The quantitative estimate of drug-likeness (QED) is 0.464. The van der Waals surface area contributed by atoms with Crippen molar-refractivity contribution in [1.82, 2.24) is 10.2 Å². The number of hydrogen-bond acceptors (Lipinski definition) is 5. The third-order valence-corrected chi connectivity index (χ3v) is 4.38. The van der Waals surface area contributed by atoms with Gasteiger partial charge in [-0.2, -0.15) is 0 Å². The normalized spacial score (nSPS) is 12.9. The van der Waals surface area contributed by atoms with Crippen LogP contribution in [0.1, 0.15) is 26.3 Å². The molecular weight excluding hydrogens is 374 g/mol. The van der Waals surface area contributed by atoms with Crippen molar-refractivity contribution in [1.29, 1.82) is 0 Å². The Bertz CT molecular complexity index is 943. The van der Waals surface area contributed by atoms with Gasteiger partial charge in [-0.05, 0) is 30.2 Å². The van der Waals surface area contributed by atoms with Crippen LogP contribution in [0.4, 0.5) is 5.69 Å². The number of halogens is 1. The molecule has 0 unspecified atom stereocenters. The van der Waals surface area contributed by atoms with Crippen molar-refractivity contribution in [3.05, 3.63) is 74.3 Å². The average Bonchev–Trinajstić information content (AvgIpc) is 2.88. The van der Waals surface area contributed by atoms with Gasteiger partial charge >= 0.3 is 0 Å². The molecule has 27 heavy (non-hydrogen) atoms. The first-order valence-electron chi connectivity index (χ1n) is 8.03.